The average Bonchev–Trinajstić information content (AvgIpc) is 3.82. The van der Waals surface area contributed by atoms with Crippen molar-refractivity contribution < 1.29 is 21.9 Å². The summed E-state index contributed by atoms with van der Waals surface area (Å²) < 4.78 is 64.2. The number of rotatable bonds is 14. The largest absolute Gasteiger partial charge is 0.386 e. The Balaban J connectivity index is 1.04. The first-order valence-electron chi connectivity index (χ1n) is 20.5. The Labute approximate surface area is 368 Å². The van der Waals surface area contributed by atoms with Gasteiger partial charge in [-0.1, -0.05) is 68.4 Å². The summed E-state index contributed by atoms with van der Waals surface area (Å²) in [6, 6.07) is 37.7. The van der Waals surface area contributed by atoms with Crippen molar-refractivity contribution in [1.29, 1.82) is 0 Å². The van der Waals surface area contributed by atoms with E-state index in [1.165, 1.54) is 12.1 Å². The van der Waals surface area contributed by atoms with Gasteiger partial charge in [0.15, 0.2) is 0 Å². The van der Waals surface area contributed by atoms with Crippen LogP contribution < -0.4 is 14.3 Å². The number of hydrogen-bond acceptors (Lipinski definition) is 9. The van der Waals surface area contributed by atoms with Gasteiger partial charge in [0.05, 0.1) is 43.7 Å². The number of sulfonamides is 2. The summed E-state index contributed by atoms with van der Waals surface area (Å²) in [6.07, 6.45) is 2.79. The van der Waals surface area contributed by atoms with Gasteiger partial charge in [0.2, 0.25) is 0 Å². The second-order valence-electron chi connectivity index (χ2n) is 17.1. The highest BCUT2D eigenvalue weighted by Gasteiger charge is 2.26. The standard InChI is InChI=1S/C48H50N8O5S2/c1-32-30-45(55(50-32)44-26-25-42(54(6)7)38-12-8-9-13-39(38)44)52-62(58,59)36-21-17-33(18-22-36)47(2,3)28-27-35-31-46(53-63(60,61)37-23-19-34(20-24-37)48(4,5)57)56(51-35)43-16-10-15-41-40(43)14-11-29-49-41/h8-26,29-31,52-53,57H,27-28H2,1-7H3. The number of hydrogen-bond donors (Lipinski definition) is 3. The molecule has 0 spiro atoms. The molecule has 0 aliphatic carbocycles. The molecule has 0 saturated heterocycles. The molecule has 324 valence electrons. The molecule has 0 radical (unpaired) electrons. The van der Waals surface area contributed by atoms with Gasteiger partial charge in [0.25, 0.3) is 20.0 Å². The van der Waals surface area contributed by atoms with E-state index in [1.54, 1.807) is 65.8 Å². The first kappa shape index (κ1) is 43.1. The fraction of sp³-hybridized carbons (Fsp3) is 0.229. The number of aryl methyl sites for hydroxylation is 2. The Morgan fingerprint density at radius 2 is 1.21 bits per heavy atom. The van der Waals surface area contributed by atoms with Crippen molar-refractivity contribution in [1.82, 2.24) is 24.5 Å². The van der Waals surface area contributed by atoms with E-state index in [0.29, 0.717) is 41.3 Å². The van der Waals surface area contributed by atoms with Crippen molar-refractivity contribution >= 4 is 59.0 Å². The molecule has 8 aromatic rings. The summed E-state index contributed by atoms with van der Waals surface area (Å²) in [6.45, 7) is 9.26. The molecular weight excluding hydrogens is 833 g/mol. The lowest BCUT2D eigenvalue weighted by atomic mass is 9.80. The molecule has 0 unspecified atom stereocenters. The zero-order chi connectivity index (χ0) is 44.9. The van der Waals surface area contributed by atoms with Crippen LogP contribution in [0, 0.1) is 6.92 Å². The normalized spacial score (nSPS) is 12.5. The molecule has 13 nitrogen and oxygen atoms in total. The molecule has 0 bridgehead atoms. The second kappa shape index (κ2) is 16.3. The SMILES string of the molecule is Cc1cc(NS(=O)(=O)c2ccc(C(C)(C)CCc3cc(NS(=O)(=O)c4ccc(C(C)(C)O)cc4)n(-c4cccc5ncccc45)n3)cc2)n(-c2ccc(N(C)C)c3ccccc23)n1. The smallest absolute Gasteiger partial charge is 0.263 e. The third kappa shape index (κ3) is 8.76. The van der Waals surface area contributed by atoms with Gasteiger partial charge in [-0.25, -0.2) is 26.2 Å². The van der Waals surface area contributed by atoms with Crippen LogP contribution in [0.15, 0.2) is 143 Å². The summed E-state index contributed by atoms with van der Waals surface area (Å²) in [4.78, 5) is 6.67. The minimum Gasteiger partial charge on any atom is -0.386 e. The van der Waals surface area contributed by atoms with Crippen molar-refractivity contribution in [3.63, 3.8) is 0 Å². The van der Waals surface area contributed by atoms with Crippen LogP contribution in [0.4, 0.5) is 17.3 Å². The number of fused-ring (bicyclic) bond motifs is 2. The Morgan fingerprint density at radius 3 is 1.84 bits per heavy atom. The van der Waals surface area contributed by atoms with Crippen molar-refractivity contribution in [3.05, 3.63) is 156 Å². The highest BCUT2D eigenvalue weighted by molar-refractivity contribution is 7.93. The Bertz CT molecular complexity index is 3200. The number of benzene rings is 5. The molecule has 0 fully saturated rings. The highest BCUT2D eigenvalue weighted by Crippen LogP contribution is 2.35. The quantitative estimate of drug-likeness (QED) is 0.0968. The van der Waals surface area contributed by atoms with Crippen LogP contribution in [0.5, 0.6) is 0 Å². The minimum absolute atomic E-state index is 0.0375. The van der Waals surface area contributed by atoms with Gasteiger partial charge in [-0.15, -0.1) is 0 Å². The first-order valence-corrected chi connectivity index (χ1v) is 23.5. The van der Waals surface area contributed by atoms with Gasteiger partial charge in [0.1, 0.15) is 11.6 Å². The van der Waals surface area contributed by atoms with Crippen molar-refractivity contribution in [3.8, 4) is 11.4 Å². The molecule has 0 saturated carbocycles. The predicted molar refractivity (Wildman–Crippen MR) is 250 cm³/mol. The fourth-order valence-electron chi connectivity index (χ4n) is 7.78. The van der Waals surface area contributed by atoms with Crippen molar-refractivity contribution in [2.45, 2.75) is 68.3 Å². The van der Waals surface area contributed by atoms with Crippen LogP contribution in [0.3, 0.4) is 0 Å². The van der Waals surface area contributed by atoms with Crippen LogP contribution in [-0.4, -0.2) is 60.6 Å². The van der Waals surface area contributed by atoms with E-state index in [-0.39, 0.29) is 15.6 Å². The molecule has 0 amide bonds. The predicted octanol–water partition coefficient (Wildman–Crippen LogP) is 8.87. The molecule has 63 heavy (non-hydrogen) atoms. The van der Waals surface area contributed by atoms with E-state index < -0.39 is 31.1 Å². The molecule has 3 heterocycles. The highest BCUT2D eigenvalue weighted by atomic mass is 32.2. The third-order valence-electron chi connectivity index (χ3n) is 11.3. The summed E-state index contributed by atoms with van der Waals surface area (Å²) in [5, 5.41) is 22.8. The number of aliphatic hydroxyl groups is 1. The number of anilines is 3. The van der Waals surface area contributed by atoms with E-state index in [1.807, 2.05) is 105 Å². The minimum atomic E-state index is -4.07. The molecule has 15 heteroatoms. The molecule has 3 aromatic heterocycles. The van der Waals surface area contributed by atoms with Gasteiger partial charge in [0, 0.05) is 54.3 Å². The summed E-state index contributed by atoms with van der Waals surface area (Å²) in [7, 11) is -4.11. The first-order chi connectivity index (χ1) is 29.8. The number of nitrogens with zero attached hydrogens (tertiary/aromatic N) is 6. The Morgan fingerprint density at radius 1 is 0.635 bits per heavy atom. The summed E-state index contributed by atoms with van der Waals surface area (Å²) in [5.74, 6) is 0.576. The van der Waals surface area contributed by atoms with E-state index in [2.05, 4.69) is 33.4 Å². The van der Waals surface area contributed by atoms with Crippen molar-refractivity contribution in [2.75, 3.05) is 28.4 Å². The molecule has 8 rings (SSSR count). The number of pyridine rings is 1. The average molecular weight is 883 g/mol. The topological polar surface area (TPSA) is 164 Å². The zero-order valence-corrected chi connectivity index (χ0v) is 37.8. The van der Waals surface area contributed by atoms with Gasteiger partial charge in [-0.3, -0.25) is 14.4 Å². The molecule has 5 aromatic carbocycles. The van der Waals surface area contributed by atoms with Crippen LogP contribution in [0.2, 0.25) is 0 Å². The van der Waals surface area contributed by atoms with Gasteiger partial charge in [-0.05, 0) is 111 Å². The van der Waals surface area contributed by atoms with E-state index in [4.69, 9.17) is 5.10 Å². The fourth-order valence-corrected chi connectivity index (χ4v) is 9.85. The van der Waals surface area contributed by atoms with Gasteiger partial charge >= 0.3 is 0 Å². The monoisotopic (exact) mass is 882 g/mol. The lowest BCUT2D eigenvalue weighted by Gasteiger charge is -2.25. The maximum atomic E-state index is 13.9. The molecule has 0 atom stereocenters. The van der Waals surface area contributed by atoms with Gasteiger partial charge < -0.3 is 10.0 Å². The van der Waals surface area contributed by atoms with Crippen LogP contribution in [0.25, 0.3) is 33.1 Å². The van der Waals surface area contributed by atoms with Gasteiger partial charge in [-0.2, -0.15) is 10.2 Å². The van der Waals surface area contributed by atoms with Crippen LogP contribution >= 0.6 is 0 Å². The Kier molecular flexibility index (Phi) is 11.1. The van der Waals surface area contributed by atoms with Crippen LogP contribution in [0.1, 0.15) is 56.6 Å². The van der Waals surface area contributed by atoms with E-state index >= 15 is 0 Å². The van der Waals surface area contributed by atoms with Crippen molar-refractivity contribution in [2.24, 2.45) is 0 Å². The molecule has 0 aliphatic heterocycles. The lowest BCUT2D eigenvalue weighted by Crippen LogP contribution is -2.19. The van der Waals surface area contributed by atoms with Crippen LogP contribution in [-0.2, 0) is 37.5 Å². The second-order valence-corrected chi connectivity index (χ2v) is 20.5. The maximum absolute atomic E-state index is 13.9. The molecular formula is C48H50N8O5S2. The third-order valence-corrected chi connectivity index (χ3v) is 14.1. The van der Waals surface area contributed by atoms with E-state index in [0.717, 1.165) is 38.6 Å². The summed E-state index contributed by atoms with van der Waals surface area (Å²) >= 11 is 0. The number of aromatic nitrogens is 5. The number of nitrogens with one attached hydrogen (secondary N) is 2. The zero-order valence-electron chi connectivity index (χ0n) is 36.2. The Hall–Kier alpha value is -6.55. The van der Waals surface area contributed by atoms with E-state index in [9.17, 15) is 21.9 Å². The molecule has 0 aliphatic rings. The summed E-state index contributed by atoms with van der Waals surface area (Å²) in [5.41, 5.74) is 4.43. The molecule has 3 N–H and O–H groups in total. The lowest BCUT2D eigenvalue weighted by molar-refractivity contribution is 0.0785. The maximum Gasteiger partial charge on any atom is 0.263 e.